The van der Waals surface area contributed by atoms with Gasteiger partial charge in [-0.2, -0.15) is 5.10 Å². The molecule has 1 aromatic rings. The highest BCUT2D eigenvalue weighted by Crippen LogP contribution is 2.20. The molecule has 5 nitrogen and oxygen atoms in total. The van der Waals surface area contributed by atoms with E-state index in [1.165, 1.54) is 6.42 Å². The lowest BCUT2D eigenvalue weighted by molar-refractivity contribution is 0.0669. The highest BCUT2D eigenvalue weighted by molar-refractivity contribution is 5.93. The Balaban J connectivity index is 1.96. The van der Waals surface area contributed by atoms with E-state index in [1.54, 1.807) is 12.4 Å². The van der Waals surface area contributed by atoms with Crippen molar-refractivity contribution in [2.24, 2.45) is 11.7 Å². The number of carbonyl (C=O) groups excluding carboxylic acids is 1. The van der Waals surface area contributed by atoms with Gasteiger partial charge in [0, 0.05) is 19.3 Å². The third kappa shape index (κ3) is 2.41. The zero-order chi connectivity index (χ0) is 11.4. The van der Waals surface area contributed by atoms with Gasteiger partial charge in [0.05, 0.1) is 11.8 Å². The van der Waals surface area contributed by atoms with Crippen LogP contribution in [0.15, 0.2) is 12.4 Å². The largest absolute Gasteiger partial charge is 0.338 e. The fourth-order valence-corrected chi connectivity index (χ4v) is 2.27. The maximum Gasteiger partial charge on any atom is 0.257 e. The zero-order valence-electron chi connectivity index (χ0n) is 9.35. The number of hydrogen-bond donors (Lipinski definition) is 2. The summed E-state index contributed by atoms with van der Waals surface area (Å²) in [6, 6.07) is 0. The number of carbonyl (C=O) groups is 1. The number of aromatic amines is 1. The lowest BCUT2D eigenvalue weighted by Gasteiger charge is -2.32. The van der Waals surface area contributed by atoms with Crippen molar-refractivity contribution in [2.75, 3.05) is 19.6 Å². The second-order valence-corrected chi connectivity index (χ2v) is 4.32. The third-order valence-electron chi connectivity index (χ3n) is 3.13. The number of aromatic nitrogens is 2. The molecule has 1 saturated heterocycles. The van der Waals surface area contributed by atoms with Crippen LogP contribution in [0.1, 0.15) is 29.6 Å². The van der Waals surface area contributed by atoms with Gasteiger partial charge in [-0.1, -0.05) is 0 Å². The van der Waals surface area contributed by atoms with E-state index in [9.17, 15) is 4.79 Å². The predicted octanol–water partition coefficient (Wildman–Crippen LogP) is 0.611. The first-order valence-corrected chi connectivity index (χ1v) is 5.79. The van der Waals surface area contributed by atoms with Crippen LogP contribution in [0, 0.1) is 5.92 Å². The van der Waals surface area contributed by atoms with Crippen LogP contribution in [-0.4, -0.2) is 40.6 Å². The molecule has 2 heterocycles. The first-order valence-electron chi connectivity index (χ1n) is 5.79. The molecule has 3 N–H and O–H groups in total. The number of nitrogens with zero attached hydrogens (tertiary/aromatic N) is 2. The molecule has 0 spiro atoms. The SMILES string of the molecule is NCCC1CCCN(C(=O)c2cn[nH]c2)C1. The van der Waals surface area contributed by atoms with Gasteiger partial charge >= 0.3 is 0 Å². The van der Waals surface area contributed by atoms with Gasteiger partial charge in [0.1, 0.15) is 0 Å². The van der Waals surface area contributed by atoms with Crippen molar-refractivity contribution in [2.45, 2.75) is 19.3 Å². The molecule has 5 heteroatoms. The second-order valence-electron chi connectivity index (χ2n) is 4.32. The first kappa shape index (κ1) is 11.1. The Morgan fingerprint density at radius 2 is 2.56 bits per heavy atom. The molecule has 1 aliphatic rings. The van der Waals surface area contributed by atoms with E-state index in [1.807, 2.05) is 4.90 Å². The van der Waals surface area contributed by atoms with Gasteiger partial charge in [-0.25, -0.2) is 0 Å². The van der Waals surface area contributed by atoms with Gasteiger partial charge in [-0.15, -0.1) is 0 Å². The van der Waals surface area contributed by atoms with Gasteiger partial charge in [0.25, 0.3) is 5.91 Å². The van der Waals surface area contributed by atoms with Crippen LogP contribution in [0.25, 0.3) is 0 Å². The standard InChI is InChI=1S/C11H18N4O/c12-4-3-9-2-1-5-15(8-9)11(16)10-6-13-14-7-10/h6-7,9H,1-5,8,12H2,(H,13,14). The lowest BCUT2D eigenvalue weighted by atomic mass is 9.94. The number of rotatable bonds is 3. The number of amides is 1. The second kappa shape index (κ2) is 5.12. The summed E-state index contributed by atoms with van der Waals surface area (Å²) in [6.07, 6.45) is 6.50. The Bertz CT molecular complexity index is 334. The topological polar surface area (TPSA) is 75.0 Å². The molecule has 1 aliphatic heterocycles. The number of H-pyrrole nitrogens is 1. The van der Waals surface area contributed by atoms with E-state index in [0.717, 1.165) is 25.9 Å². The number of hydrogen-bond acceptors (Lipinski definition) is 3. The molecule has 16 heavy (non-hydrogen) atoms. The minimum Gasteiger partial charge on any atom is -0.338 e. The highest BCUT2D eigenvalue weighted by atomic mass is 16.2. The molecule has 0 aromatic carbocycles. The number of likely N-dealkylation sites (tertiary alicyclic amines) is 1. The van der Waals surface area contributed by atoms with Gasteiger partial charge in [0.2, 0.25) is 0 Å². The number of piperidine rings is 1. The molecule has 0 bridgehead atoms. The van der Waals surface area contributed by atoms with Crippen LogP contribution in [0.5, 0.6) is 0 Å². The molecule has 1 aromatic heterocycles. The Morgan fingerprint density at radius 3 is 3.25 bits per heavy atom. The van der Waals surface area contributed by atoms with Crippen molar-refractivity contribution in [3.8, 4) is 0 Å². The number of nitrogens with two attached hydrogens (primary N) is 1. The Morgan fingerprint density at radius 1 is 1.69 bits per heavy atom. The van der Waals surface area contributed by atoms with Crippen molar-refractivity contribution in [1.82, 2.24) is 15.1 Å². The average molecular weight is 222 g/mol. The van der Waals surface area contributed by atoms with Crippen molar-refractivity contribution < 1.29 is 4.79 Å². The molecule has 0 aliphatic carbocycles. The van der Waals surface area contributed by atoms with E-state index >= 15 is 0 Å². The zero-order valence-corrected chi connectivity index (χ0v) is 9.35. The third-order valence-corrected chi connectivity index (χ3v) is 3.13. The van der Waals surface area contributed by atoms with Crippen LogP contribution in [0.2, 0.25) is 0 Å². The van der Waals surface area contributed by atoms with Crippen LogP contribution >= 0.6 is 0 Å². The van der Waals surface area contributed by atoms with E-state index in [0.29, 0.717) is 18.0 Å². The normalized spacial score (nSPS) is 21.1. The molecule has 0 radical (unpaired) electrons. The van der Waals surface area contributed by atoms with E-state index in [-0.39, 0.29) is 5.91 Å². The molecule has 0 saturated carbocycles. The van der Waals surface area contributed by atoms with Crippen molar-refractivity contribution >= 4 is 5.91 Å². The Labute approximate surface area is 95.0 Å². The monoisotopic (exact) mass is 222 g/mol. The van der Waals surface area contributed by atoms with Gasteiger partial charge in [-0.3, -0.25) is 9.89 Å². The van der Waals surface area contributed by atoms with E-state index in [4.69, 9.17) is 5.73 Å². The van der Waals surface area contributed by atoms with Gasteiger partial charge < -0.3 is 10.6 Å². The summed E-state index contributed by atoms with van der Waals surface area (Å²) >= 11 is 0. The maximum absolute atomic E-state index is 12.0. The molecule has 88 valence electrons. The van der Waals surface area contributed by atoms with Gasteiger partial charge in [-0.05, 0) is 31.7 Å². The summed E-state index contributed by atoms with van der Waals surface area (Å²) in [5.74, 6) is 0.644. The first-order chi connectivity index (χ1) is 7.81. The summed E-state index contributed by atoms with van der Waals surface area (Å²) in [7, 11) is 0. The smallest absolute Gasteiger partial charge is 0.257 e. The molecular formula is C11H18N4O. The van der Waals surface area contributed by atoms with E-state index in [2.05, 4.69) is 10.2 Å². The minimum absolute atomic E-state index is 0.0791. The van der Waals surface area contributed by atoms with Crippen molar-refractivity contribution in [3.63, 3.8) is 0 Å². The quantitative estimate of drug-likeness (QED) is 0.786. The molecule has 1 unspecified atom stereocenters. The fraction of sp³-hybridized carbons (Fsp3) is 0.636. The lowest BCUT2D eigenvalue weighted by Crippen LogP contribution is -2.40. The fourth-order valence-electron chi connectivity index (χ4n) is 2.27. The van der Waals surface area contributed by atoms with Crippen LogP contribution in [0.3, 0.4) is 0 Å². The Kier molecular flexibility index (Phi) is 3.56. The van der Waals surface area contributed by atoms with Crippen LogP contribution in [-0.2, 0) is 0 Å². The van der Waals surface area contributed by atoms with Gasteiger partial charge in [0.15, 0.2) is 0 Å². The molecule has 1 atom stereocenters. The average Bonchev–Trinajstić information content (AvgIpc) is 2.82. The summed E-state index contributed by atoms with van der Waals surface area (Å²) in [5.41, 5.74) is 6.20. The summed E-state index contributed by atoms with van der Waals surface area (Å²) < 4.78 is 0. The number of nitrogens with one attached hydrogen (secondary N) is 1. The molecule has 1 amide bonds. The summed E-state index contributed by atoms with van der Waals surface area (Å²) in [5, 5.41) is 6.47. The highest BCUT2D eigenvalue weighted by Gasteiger charge is 2.24. The summed E-state index contributed by atoms with van der Waals surface area (Å²) in [4.78, 5) is 14.0. The van der Waals surface area contributed by atoms with E-state index < -0.39 is 0 Å². The predicted molar refractivity (Wildman–Crippen MR) is 60.9 cm³/mol. The Hall–Kier alpha value is -1.36. The van der Waals surface area contributed by atoms with Crippen LogP contribution in [0.4, 0.5) is 0 Å². The summed E-state index contributed by atoms with van der Waals surface area (Å²) in [6.45, 7) is 2.39. The molecule has 1 fully saturated rings. The van der Waals surface area contributed by atoms with Crippen molar-refractivity contribution in [3.05, 3.63) is 18.0 Å². The minimum atomic E-state index is 0.0791. The molecule has 2 rings (SSSR count). The van der Waals surface area contributed by atoms with Crippen molar-refractivity contribution in [1.29, 1.82) is 0 Å². The van der Waals surface area contributed by atoms with Crippen LogP contribution < -0.4 is 5.73 Å². The molecular weight excluding hydrogens is 204 g/mol. The maximum atomic E-state index is 12.0.